The molecular formula is C30H44N2O4S2. The zero-order valence-electron chi connectivity index (χ0n) is 23.6. The van der Waals surface area contributed by atoms with E-state index in [4.69, 9.17) is 9.47 Å². The van der Waals surface area contributed by atoms with Gasteiger partial charge in [0.2, 0.25) is 0 Å². The molecule has 0 saturated carbocycles. The zero-order chi connectivity index (χ0) is 27.1. The molecular weight excluding hydrogens is 516 g/mol. The number of fused-ring (bicyclic) bond motifs is 2. The van der Waals surface area contributed by atoms with Gasteiger partial charge in [-0.25, -0.2) is 10.0 Å². The van der Waals surface area contributed by atoms with Crippen LogP contribution < -0.4 is 9.47 Å². The zero-order valence-corrected chi connectivity index (χ0v) is 25.2. The Kier molecular flexibility index (Phi) is 10.8. The number of carbonyl (C=O) groups excluding carboxylic acids is 2. The van der Waals surface area contributed by atoms with Crippen LogP contribution in [0.1, 0.15) is 91.9 Å². The molecule has 38 heavy (non-hydrogen) atoms. The van der Waals surface area contributed by atoms with Crippen LogP contribution in [0.5, 0.6) is 11.5 Å². The van der Waals surface area contributed by atoms with Crippen molar-refractivity contribution in [1.29, 1.82) is 0 Å². The number of nitrogens with zero attached hydrogens (tertiary/aromatic N) is 2. The number of rotatable bonds is 14. The van der Waals surface area contributed by atoms with Gasteiger partial charge in [0.05, 0.1) is 27.2 Å². The molecule has 2 unspecified atom stereocenters. The van der Waals surface area contributed by atoms with Gasteiger partial charge in [-0.1, -0.05) is 89.7 Å². The SMILES string of the molecule is CCCCC(CC)COc1ccc(OCC(CC)CCCC)c2c1SC(=C1C(=O)N3CCCCN3C1=O)S2. The summed E-state index contributed by atoms with van der Waals surface area (Å²) in [5.74, 6) is 2.35. The highest BCUT2D eigenvalue weighted by atomic mass is 32.2. The summed E-state index contributed by atoms with van der Waals surface area (Å²) in [4.78, 5) is 28.5. The third-order valence-corrected chi connectivity index (χ3v) is 10.5. The fourth-order valence-electron chi connectivity index (χ4n) is 5.18. The summed E-state index contributed by atoms with van der Waals surface area (Å²) in [7, 11) is 0. The van der Waals surface area contributed by atoms with Gasteiger partial charge in [0.1, 0.15) is 17.1 Å². The largest absolute Gasteiger partial charge is 0.492 e. The second-order valence-corrected chi connectivity index (χ2v) is 12.9. The summed E-state index contributed by atoms with van der Waals surface area (Å²) in [5.41, 5.74) is 0.304. The van der Waals surface area contributed by atoms with Crippen LogP contribution in [0, 0.1) is 11.8 Å². The van der Waals surface area contributed by atoms with E-state index < -0.39 is 0 Å². The number of hydrogen-bond donors (Lipinski definition) is 0. The fourth-order valence-corrected chi connectivity index (χ4v) is 7.86. The van der Waals surface area contributed by atoms with Gasteiger partial charge in [0, 0.05) is 13.1 Å². The number of carbonyl (C=O) groups is 2. The number of amides is 2. The molecule has 0 spiro atoms. The predicted octanol–water partition coefficient (Wildman–Crippen LogP) is 7.67. The molecule has 2 saturated heterocycles. The van der Waals surface area contributed by atoms with E-state index in [1.807, 2.05) is 12.1 Å². The van der Waals surface area contributed by atoms with Crippen LogP contribution in [0.4, 0.5) is 0 Å². The van der Waals surface area contributed by atoms with Gasteiger partial charge in [-0.05, 0) is 49.7 Å². The lowest BCUT2D eigenvalue weighted by molar-refractivity contribution is -0.150. The summed E-state index contributed by atoms with van der Waals surface area (Å²) in [6.07, 6.45) is 11.2. The Morgan fingerprint density at radius 2 is 1.21 bits per heavy atom. The molecule has 8 heteroatoms. The molecule has 3 aliphatic heterocycles. The van der Waals surface area contributed by atoms with Crippen LogP contribution in [0.15, 0.2) is 31.7 Å². The van der Waals surface area contributed by atoms with E-state index >= 15 is 0 Å². The van der Waals surface area contributed by atoms with Crippen molar-refractivity contribution in [3.05, 3.63) is 21.9 Å². The lowest BCUT2D eigenvalue weighted by atomic mass is 10.0. The average Bonchev–Trinajstić information content (AvgIpc) is 3.48. The Morgan fingerprint density at radius 3 is 1.61 bits per heavy atom. The number of unbranched alkanes of at least 4 members (excludes halogenated alkanes) is 2. The van der Waals surface area contributed by atoms with Crippen molar-refractivity contribution in [1.82, 2.24) is 10.0 Å². The van der Waals surface area contributed by atoms with Crippen molar-refractivity contribution in [2.75, 3.05) is 26.3 Å². The van der Waals surface area contributed by atoms with Gasteiger partial charge >= 0.3 is 0 Å². The molecule has 0 N–H and O–H groups in total. The Bertz CT molecular complexity index is 951. The van der Waals surface area contributed by atoms with Crippen molar-refractivity contribution >= 4 is 35.3 Å². The summed E-state index contributed by atoms with van der Waals surface area (Å²) >= 11 is 3.00. The Hall–Kier alpha value is -1.80. The van der Waals surface area contributed by atoms with Crippen LogP contribution >= 0.6 is 23.5 Å². The molecule has 6 nitrogen and oxygen atoms in total. The quantitative estimate of drug-likeness (QED) is 0.172. The standard InChI is InChI=1S/C30H44N2O4S2/c1-5-9-13-21(7-3)19-35-23-15-16-24(36-20-22(8-4)14-10-6-2)27-26(23)37-30(38-27)25-28(33)31-17-11-12-18-32(31)29(25)34/h15-16,21-22H,5-14,17-20H2,1-4H3. The number of hydrazine groups is 1. The Labute approximate surface area is 237 Å². The molecule has 3 aliphatic rings. The van der Waals surface area contributed by atoms with Gasteiger partial charge in [0.25, 0.3) is 11.8 Å². The highest BCUT2D eigenvalue weighted by Gasteiger charge is 2.45. The van der Waals surface area contributed by atoms with Gasteiger partial charge in [-0.2, -0.15) is 0 Å². The number of ether oxygens (including phenoxy) is 2. The smallest absolute Gasteiger partial charge is 0.279 e. The second kappa shape index (κ2) is 14.0. The topological polar surface area (TPSA) is 59.1 Å². The second-order valence-electron chi connectivity index (χ2n) is 10.6. The minimum absolute atomic E-state index is 0.168. The maximum Gasteiger partial charge on any atom is 0.279 e. The van der Waals surface area contributed by atoms with Crippen molar-refractivity contribution in [3.8, 4) is 11.5 Å². The molecule has 1 aromatic carbocycles. The van der Waals surface area contributed by atoms with E-state index in [2.05, 4.69) is 27.7 Å². The van der Waals surface area contributed by atoms with Crippen LogP contribution in [-0.4, -0.2) is 48.1 Å². The maximum atomic E-state index is 13.3. The minimum atomic E-state index is -0.168. The Morgan fingerprint density at radius 1 is 0.763 bits per heavy atom. The van der Waals surface area contributed by atoms with Gasteiger partial charge in [-0.3, -0.25) is 9.59 Å². The molecule has 3 heterocycles. The third kappa shape index (κ3) is 6.49. The van der Waals surface area contributed by atoms with E-state index in [9.17, 15) is 9.59 Å². The van der Waals surface area contributed by atoms with Crippen LogP contribution in [0.25, 0.3) is 0 Å². The molecule has 2 amide bonds. The first-order valence-corrected chi connectivity index (χ1v) is 16.3. The van der Waals surface area contributed by atoms with Gasteiger partial charge < -0.3 is 9.47 Å². The van der Waals surface area contributed by atoms with Crippen LogP contribution in [-0.2, 0) is 9.59 Å². The summed E-state index contributed by atoms with van der Waals surface area (Å²) < 4.78 is 13.6. The molecule has 0 aromatic heterocycles. The van der Waals surface area contributed by atoms with Gasteiger partial charge in [-0.15, -0.1) is 0 Å². The van der Waals surface area contributed by atoms with E-state index in [-0.39, 0.29) is 11.8 Å². The van der Waals surface area contributed by atoms with E-state index in [0.717, 1.165) is 51.2 Å². The summed E-state index contributed by atoms with van der Waals surface area (Å²) in [5, 5.41) is 3.26. The molecule has 2 fully saturated rings. The van der Waals surface area contributed by atoms with Crippen molar-refractivity contribution in [2.45, 2.75) is 102 Å². The molecule has 0 bridgehead atoms. The number of hydrogen-bond acceptors (Lipinski definition) is 6. The first-order chi connectivity index (χ1) is 18.5. The third-order valence-electron chi connectivity index (χ3n) is 7.85. The highest BCUT2D eigenvalue weighted by Crippen LogP contribution is 2.59. The number of benzene rings is 1. The molecule has 0 aliphatic carbocycles. The number of thioether (sulfide) groups is 2. The molecule has 0 radical (unpaired) electrons. The average molecular weight is 561 g/mol. The minimum Gasteiger partial charge on any atom is -0.492 e. The molecule has 210 valence electrons. The lowest BCUT2D eigenvalue weighted by Gasteiger charge is -2.31. The first kappa shape index (κ1) is 29.2. The lowest BCUT2D eigenvalue weighted by Crippen LogP contribution is -2.45. The maximum absolute atomic E-state index is 13.3. The van der Waals surface area contributed by atoms with Crippen LogP contribution in [0.3, 0.4) is 0 Å². The fraction of sp³-hybridized carbons (Fsp3) is 0.667. The normalized spacial score (nSPS) is 18.6. The Balaban J connectivity index is 1.60. The monoisotopic (exact) mass is 560 g/mol. The van der Waals surface area contributed by atoms with E-state index in [0.29, 0.717) is 43.7 Å². The molecule has 4 rings (SSSR count). The van der Waals surface area contributed by atoms with Crippen molar-refractivity contribution < 1.29 is 19.1 Å². The molecule has 1 aromatic rings. The van der Waals surface area contributed by atoms with Crippen molar-refractivity contribution in [2.24, 2.45) is 11.8 Å². The van der Waals surface area contributed by atoms with E-state index in [1.165, 1.54) is 62.0 Å². The highest BCUT2D eigenvalue weighted by molar-refractivity contribution is 8.25. The van der Waals surface area contributed by atoms with Crippen LogP contribution in [0.2, 0.25) is 0 Å². The first-order valence-electron chi connectivity index (χ1n) is 14.7. The predicted molar refractivity (Wildman–Crippen MR) is 155 cm³/mol. The van der Waals surface area contributed by atoms with Crippen molar-refractivity contribution in [3.63, 3.8) is 0 Å². The van der Waals surface area contributed by atoms with Gasteiger partial charge in [0.15, 0.2) is 0 Å². The summed E-state index contributed by atoms with van der Waals surface area (Å²) in [6, 6.07) is 4.03. The molecule has 2 atom stereocenters. The van der Waals surface area contributed by atoms with E-state index in [1.54, 1.807) is 10.0 Å². The summed E-state index contributed by atoms with van der Waals surface area (Å²) in [6.45, 7) is 11.5.